The third-order valence-electron chi connectivity index (χ3n) is 3.14. The van der Waals surface area contributed by atoms with E-state index in [4.69, 9.17) is 0 Å². The van der Waals surface area contributed by atoms with Crippen LogP contribution in [-0.4, -0.2) is 5.78 Å². The molecule has 0 aromatic carbocycles. The monoisotopic (exact) mass is 220 g/mol. The molecule has 1 saturated carbocycles. The summed E-state index contributed by atoms with van der Waals surface area (Å²) in [4.78, 5) is 12.0. The quantitative estimate of drug-likeness (QED) is 0.473. The van der Waals surface area contributed by atoms with Gasteiger partial charge in [-0.25, -0.2) is 0 Å². The second-order valence-electron chi connectivity index (χ2n) is 4.57. The Kier molecular flexibility index (Phi) is 6.14. The molecular formula is C15H24O. The van der Waals surface area contributed by atoms with Crippen LogP contribution in [0, 0.1) is 0 Å². The number of hydrogen-bond donors (Lipinski definition) is 0. The van der Waals surface area contributed by atoms with Crippen molar-refractivity contribution < 1.29 is 4.79 Å². The van der Waals surface area contributed by atoms with Crippen LogP contribution in [0.5, 0.6) is 0 Å². The van der Waals surface area contributed by atoms with Gasteiger partial charge in [0.1, 0.15) is 0 Å². The molecule has 1 nitrogen and oxygen atoms in total. The number of Topliss-reactive ketones (excluding diaryl/α,β-unsaturated/α-hetero) is 1. The first-order valence-corrected chi connectivity index (χ1v) is 6.72. The van der Waals surface area contributed by atoms with Gasteiger partial charge in [-0.2, -0.15) is 0 Å². The van der Waals surface area contributed by atoms with Gasteiger partial charge in [0.25, 0.3) is 0 Å². The molecule has 1 heteroatoms. The van der Waals surface area contributed by atoms with E-state index in [1.165, 1.54) is 25.7 Å². The summed E-state index contributed by atoms with van der Waals surface area (Å²) >= 11 is 0. The molecule has 0 atom stereocenters. The Morgan fingerprint density at radius 1 is 0.938 bits per heavy atom. The Morgan fingerprint density at radius 3 is 1.75 bits per heavy atom. The molecule has 0 aromatic rings. The standard InChI is InChI=1S/C15H24O/c1-3-5-7-9-13-11-12-14(15(13)16)10-8-6-4-2/h9-10H,3-8,11-12H2,1-2H3/b13-9-,14-10+. The molecule has 1 aliphatic carbocycles. The van der Waals surface area contributed by atoms with Crippen LogP contribution in [0.4, 0.5) is 0 Å². The van der Waals surface area contributed by atoms with Crippen LogP contribution in [0.25, 0.3) is 0 Å². The topological polar surface area (TPSA) is 17.1 Å². The molecule has 0 amide bonds. The van der Waals surface area contributed by atoms with Crippen molar-refractivity contribution >= 4 is 5.78 Å². The van der Waals surface area contributed by atoms with Gasteiger partial charge < -0.3 is 0 Å². The molecule has 0 saturated heterocycles. The van der Waals surface area contributed by atoms with E-state index in [0.29, 0.717) is 5.78 Å². The van der Waals surface area contributed by atoms with E-state index in [9.17, 15) is 4.79 Å². The number of carbonyl (C=O) groups is 1. The van der Waals surface area contributed by atoms with Crippen LogP contribution in [-0.2, 0) is 4.79 Å². The first kappa shape index (κ1) is 13.2. The van der Waals surface area contributed by atoms with E-state index in [1.807, 2.05) is 0 Å². The molecule has 16 heavy (non-hydrogen) atoms. The van der Waals surface area contributed by atoms with E-state index in [2.05, 4.69) is 26.0 Å². The summed E-state index contributed by atoms with van der Waals surface area (Å²) in [5.74, 6) is 0.326. The lowest BCUT2D eigenvalue weighted by molar-refractivity contribution is -0.111. The van der Waals surface area contributed by atoms with Crippen LogP contribution in [0.3, 0.4) is 0 Å². The van der Waals surface area contributed by atoms with Gasteiger partial charge >= 0.3 is 0 Å². The SMILES string of the molecule is CCCC/C=C1/CC/C(=C\CCCC)C1=O. The maximum Gasteiger partial charge on any atom is 0.184 e. The van der Waals surface area contributed by atoms with Gasteiger partial charge in [0.05, 0.1) is 0 Å². The average Bonchev–Trinajstić information content (AvgIpc) is 2.62. The fourth-order valence-electron chi connectivity index (χ4n) is 2.05. The molecular weight excluding hydrogens is 196 g/mol. The summed E-state index contributed by atoms with van der Waals surface area (Å²) in [5.41, 5.74) is 2.13. The van der Waals surface area contributed by atoms with E-state index in [0.717, 1.165) is 36.8 Å². The van der Waals surface area contributed by atoms with Crippen molar-refractivity contribution in [2.45, 2.75) is 65.2 Å². The normalized spacial score (nSPS) is 21.2. The first-order valence-electron chi connectivity index (χ1n) is 6.72. The zero-order valence-corrected chi connectivity index (χ0v) is 10.7. The molecule has 0 spiro atoms. The third kappa shape index (κ3) is 3.96. The molecule has 1 aliphatic rings. The Morgan fingerprint density at radius 2 is 1.38 bits per heavy atom. The minimum absolute atomic E-state index is 0.326. The van der Waals surface area contributed by atoms with Crippen molar-refractivity contribution in [3.8, 4) is 0 Å². The second-order valence-corrected chi connectivity index (χ2v) is 4.57. The highest BCUT2D eigenvalue weighted by atomic mass is 16.1. The number of ketones is 1. The summed E-state index contributed by atoms with van der Waals surface area (Å²) in [5, 5.41) is 0. The lowest BCUT2D eigenvalue weighted by Crippen LogP contribution is -1.95. The number of carbonyl (C=O) groups excluding carboxylic acids is 1. The molecule has 90 valence electrons. The smallest absolute Gasteiger partial charge is 0.184 e. The van der Waals surface area contributed by atoms with Gasteiger partial charge in [-0.1, -0.05) is 51.7 Å². The lowest BCUT2D eigenvalue weighted by atomic mass is 10.1. The molecule has 0 aliphatic heterocycles. The minimum atomic E-state index is 0.326. The third-order valence-corrected chi connectivity index (χ3v) is 3.14. The number of hydrogen-bond acceptors (Lipinski definition) is 1. The van der Waals surface area contributed by atoms with Gasteiger partial charge in [-0.15, -0.1) is 0 Å². The van der Waals surface area contributed by atoms with Crippen molar-refractivity contribution in [1.82, 2.24) is 0 Å². The highest BCUT2D eigenvalue weighted by molar-refractivity contribution is 6.10. The van der Waals surface area contributed by atoms with E-state index < -0.39 is 0 Å². The van der Waals surface area contributed by atoms with Crippen LogP contribution < -0.4 is 0 Å². The van der Waals surface area contributed by atoms with Crippen LogP contribution in [0.1, 0.15) is 65.2 Å². The zero-order chi connectivity index (χ0) is 11.8. The van der Waals surface area contributed by atoms with Gasteiger partial charge in [-0.3, -0.25) is 4.79 Å². The van der Waals surface area contributed by atoms with Crippen molar-refractivity contribution in [3.05, 3.63) is 23.3 Å². The maximum atomic E-state index is 12.0. The van der Waals surface area contributed by atoms with Gasteiger partial charge in [-0.05, 0) is 36.8 Å². The molecule has 0 radical (unpaired) electrons. The fourth-order valence-corrected chi connectivity index (χ4v) is 2.05. The maximum absolute atomic E-state index is 12.0. The summed E-state index contributed by atoms with van der Waals surface area (Å²) in [6, 6.07) is 0. The van der Waals surface area contributed by atoms with Gasteiger partial charge in [0.2, 0.25) is 0 Å². The van der Waals surface area contributed by atoms with Crippen LogP contribution >= 0.6 is 0 Å². The highest BCUT2D eigenvalue weighted by Gasteiger charge is 2.21. The fraction of sp³-hybridized carbons (Fsp3) is 0.667. The Balaban J connectivity index is 2.47. The molecule has 0 N–H and O–H groups in total. The van der Waals surface area contributed by atoms with Crippen molar-refractivity contribution in [2.24, 2.45) is 0 Å². The predicted octanol–water partition coefficient (Wildman–Crippen LogP) is 4.58. The summed E-state index contributed by atoms with van der Waals surface area (Å²) in [6.45, 7) is 4.37. The van der Waals surface area contributed by atoms with E-state index >= 15 is 0 Å². The number of rotatable bonds is 6. The van der Waals surface area contributed by atoms with Crippen molar-refractivity contribution in [1.29, 1.82) is 0 Å². The predicted molar refractivity (Wildman–Crippen MR) is 69.5 cm³/mol. The Bertz CT molecular complexity index is 256. The van der Waals surface area contributed by atoms with Crippen molar-refractivity contribution in [3.63, 3.8) is 0 Å². The highest BCUT2D eigenvalue weighted by Crippen LogP contribution is 2.27. The molecule has 0 unspecified atom stereocenters. The van der Waals surface area contributed by atoms with Crippen molar-refractivity contribution in [2.75, 3.05) is 0 Å². The van der Waals surface area contributed by atoms with Gasteiger partial charge in [0, 0.05) is 0 Å². The molecule has 0 aromatic heterocycles. The molecule has 1 fully saturated rings. The summed E-state index contributed by atoms with van der Waals surface area (Å²) < 4.78 is 0. The minimum Gasteiger partial charge on any atom is -0.289 e. The van der Waals surface area contributed by atoms with Crippen LogP contribution in [0.15, 0.2) is 23.3 Å². The summed E-state index contributed by atoms with van der Waals surface area (Å²) in [6.07, 6.45) is 13.2. The zero-order valence-electron chi connectivity index (χ0n) is 10.7. The second kappa shape index (κ2) is 7.43. The Labute approximate surface area is 99.6 Å². The van der Waals surface area contributed by atoms with Crippen LogP contribution in [0.2, 0.25) is 0 Å². The average molecular weight is 220 g/mol. The number of unbranched alkanes of at least 4 members (excludes halogenated alkanes) is 4. The van der Waals surface area contributed by atoms with E-state index in [1.54, 1.807) is 0 Å². The Hall–Kier alpha value is -0.850. The largest absolute Gasteiger partial charge is 0.289 e. The molecule has 0 heterocycles. The lowest BCUT2D eigenvalue weighted by Gasteiger charge is -1.96. The number of allylic oxidation sites excluding steroid dienone is 4. The van der Waals surface area contributed by atoms with Gasteiger partial charge in [0.15, 0.2) is 5.78 Å². The molecule has 1 rings (SSSR count). The van der Waals surface area contributed by atoms with E-state index in [-0.39, 0.29) is 0 Å². The first-order chi connectivity index (χ1) is 7.79. The summed E-state index contributed by atoms with van der Waals surface area (Å²) in [7, 11) is 0. The molecule has 0 bridgehead atoms.